The van der Waals surface area contributed by atoms with Gasteiger partial charge in [-0.05, 0) is 12.1 Å². The molecule has 0 radical (unpaired) electrons. The lowest BCUT2D eigenvalue weighted by Gasteiger charge is -2.07. The summed E-state index contributed by atoms with van der Waals surface area (Å²) in [6.45, 7) is 2.59. The van der Waals surface area contributed by atoms with Crippen molar-refractivity contribution in [3.05, 3.63) is 30.3 Å². The highest BCUT2D eigenvalue weighted by Gasteiger charge is 1.92. The lowest BCUT2D eigenvalue weighted by molar-refractivity contribution is 0.0381. The van der Waals surface area contributed by atoms with E-state index in [9.17, 15) is 0 Å². The van der Waals surface area contributed by atoms with Gasteiger partial charge < -0.3 is 14.2 Å². The summed E-state index contributed by atoms with van der Waals surface area (Å²) in [7, 11) is 0. The topological polar surface area (TPSA) is 51.5 Å². The summed E-state index contributed by atoms with van der Waals surface area (Å²) in [5, 5.41) is 8.27. The molecule has 0 fully saturated rings. The third-order valence-corrected chi connectivity index (χ3v) is 1.97. The minimum Gasteiger partial charge on any atom is -0.491 e. The van der Waals surface area contributed by atoms with Crippen molar-refractivity contribution in [2.75, 3.05) is 33.0 Å². The Balaban J connectivity index is 1.87. The molecule has 0 aromatic heterocycles. The van der Waals surface area contributed by atoms with Crippen LogP contribution in [0, 0.1) is 11.3 Å². The number of para-hydroxylation sites is 1. The minimum atomic E-state index is 0.428. The predicted octanol–water partition coefficient (Wildman–Crippen LogP) is 2.01. The first-order chi connectivity index (χ1) is 8.43. The number of nitriles is 1. The van der Waals surface area contributed by atoms with Crippen LogP contribution in [-0.2, 0) is 9.47 Å². The fourth-order valence-electron chi connectivity index (χ4n) is 1.17. The van der Waals surface area contributed by atoms with Crippen LogP contribution in [0.1, 0.15) is 6.42 Å². The number of rotatable bonds is 9. The maximum Gasteiger partial charge on any atom is 0.119 e. The van der Waals surface area contributed by atoms with Gasteiger partial charge in [0.25, 0.3) is 0 Å². The van der Waals surface area contributed by atoms with Gasteiger partial charge in [0.2, 0.25) is 0 Å². The lowest BCUT2D eigenvalue weighted by Crippen LogP contribution is -2.11. The molecule has 1 aromatic rings. The van der Waals surface area contributed by atoms with E-state index >= 15 is 0 Å². The van der Waals surface area contributed by atoms with Gasteiger partial charge in [-0.2, -0.15) is 5.26 Å². The van der Waals surface area contributed by atoms with Crippen LogP contribution in [0.5, 0.6) is 5.75 Å². The van der Waals surface area contributed by atoms with E-state index in [4.69, 9.17) is 19.5 Å². The summed E-state index contributed by atoms with van der Waals surface area (Å²) in [5.74, 6) is 0.848. The Morgan fingerprint density at radius 1 is 0.882 bits per heavy atom. The highest BCUT2D eigenvalue weighted by Crippen LogP contribution is 2.07. The van der Waals surface area contributed by atoms with Crippen LogP contribution in [0.15, 0.2) is 30.3 Å². The highest BCUT2D eigenvalue weighted by molar-refractivity contribution is 5.20. The quantitative estimate of drug-likeness (QED) is 0.614. The van der Waals surface area contributed by atoms with Crippen LogP contribution >= 0.6 is 0 Å². The molecule has 0 bridgehead atoms. The molecule has 0 atom stereocenters. The molecule has 4 heteroatoms. The van der Waals surface area contributed by atoms with E-state index < -0.39 is 0 Å². The predicted molar refractivity (Wildman–Crippen MR) is 63.8 cm³/mol. The Hall–Kier alpha value is -1.57. The Morgan fingerprint density at radius 3 is 2.24 bits per heavy atom. The fourth-order valence-corrected chi connectivity index (χ4v) is 1.17. The van der Waals surface area contributed by atoms with Gasteiger partial charge in [0.05, 0.1) is 38.9 Å². The number of benzene rings is 1. The minimum absolute atomic E-state index is 0.428. The fraction of sp³-hybridized carbons (Fsp3) is 0.462. The second-order valence-corrected chi connectivity index (χ2v) is 3.29. The normalized spacial score (nSPS) is 9.82. The number of nitrogens with zero attached hydrogens (tertiary/aromatic N) is 1. The van der Waals surface area contributed by atoms with Crippen LogP contribution < -0.4 is 4.74 Å². The molecule has 0 saturated carbocycles. The van der Waals surface area contributed by atoms with E-state index in [1.165, 1.54) is 0 Å². The van der Waals surface area contributed by atoms with Crippen LogP contribution in [-0.4, -0.2) is 33.0 Å². The Morgan fingerprint density at radius 2 is 1.53 bits per heavy atom. The number of hydrogen-bond donors (Lipinski definition) is 0. The molecule has 0 aliphatic heterocycles. The molecule has 0 unspecified atom stereocenters. The van der Waals surface area contributed by atoms with Gasteiger partial charge in [-0.25, -0.2) is 0 Å². The monoisotopic (exact) mass is 235 g/mol. The Kier molecular flexibility index (Phi) is 7.65. The molecule has 0 spiro atoms. The van der Waals surface area contributed by atoms with Gasteiger partial charge in [0.15, 0.2) is 0 Å². The first-order valence-electron chi connectivity index (χ1n) is 5.64. The van der Waals surface area contributed by atoms with Crippen molar-refractivity contribution in [2.24, 2.45) is 0 Å². The number of ether oxygens (including phenoxy) is 3. The molecule has 0 heterocycles. The first-order valence-corrected chi connectivity index (χ1v) is 5.64. The summed E-state index contributed by atoms with van der Waals surface area (Å²) in [6.07, 6.45) is 0.428. The molecule has 0 N–H and O–H groups in total. The van der Waals surface area contributed by atoms with Crippen molar-refractivity contribution < 1.29 is 14.2 Å². The van der Waals surface area contributed by atoms with Crippen molar-refractivity contribution in [3.8, 4) is 11.8 Å². The van der Waals surface area contributed by atoms with Gasteiger partial charge >= 0.3 is 0 Å². The maximum absolute atomic E-state index is 8.27. The van der Waals surface area contributed by atoms with Gasteiger partial charge in [-0.3, -0.25) is 0 Å². The molecular formula is C13H17NO3. The molecule has 1 rings (SSSR count). The average molecular weight is 235 g/mol. The second-order valence-electron chi connectivity index (χ2n) is 3.29. The third kappa shape index (κ3) is 7.34. The van der Waals surface area contributed by atoms with Gasteiger partial charge in [-0.1, -0.05) is 18.2 Å². The zero-order chi connectivity index (χ0) is 12.2. The van der Waals surface area contributed by atoms with Crippen molar-refractivity contribution in [1.82, 2.24) is 0 Å². The molecule has 0 saturated heterocycles. The van der Waals surface area contributed by atoms with Gasteiger partial charge in [0, 0.05) is 0 Å². The summed E-state index contributed by atoms with van der Waals surface area (Å²) in [5.41, 5.74) is 0. The van der Waals surface area contributed by atoms with E-state index in [2.05, 4.69) is 0 Å². The lowest BCUT2D eigenvalue weighted by atomic mass is 10.3. The van der Waals surface area contributed by atoms with Crippen molar-refractivity contribution in [3.63, 3.8) is 0 Å². The zero-order valence-corrected chi connectivity index (χ0v) is 9.80. The number of hydrogen-bond acceptors (Lipinski definition) is 4. The maximum atomic E-state index is 8.27. The largest absolute Gasteiger partial charge is 0.491 e. The van der Waals surface area contributed by atoms with Crippen molar-refractivity contribution in [2.45, 2.75) is 6.42 Å². The van der Waals surface area contributed by atoms with Crippen LogP contribution in [0.4, 0.5) is 0 Å². The average Bonchev–Trinajstić information content (AvgIpc) is 2.38. The van der Waals surface area contributed by atoms with E-state index in [1.54, 1.807) is 0 Å². The van der Waals surface area contributed by atoms with Gasteiger partial charge in [-0.15, -0.1) is 0 Å². The molecule has 1 aromatic carbocycles. The molecule has 4 nitrogen and oxygen atoms in total. The molecule has 0 aliphatic rings. The van der Waals surface area contributed by atoms with E-state index in [-0.39, 0.29) is 0 Å². The summed E-state index contributed by atoms with van der Waals surface area (Å²) in [6, 6.07) is 11.6. The van der Waals surface area contributed by atoms with E-state index in [1.807, 2.05) is 36.4 Å². The highest BCUT2D eigenvalue weighted by atomic mass is 16.5. The molecule has 17 heavy (non-hydrogen) atoms. The Bertz CT molecular complexity index is 321. The Labute approximate surface area is 102 Å². The van der Waals surface area contributed by atoms with Crippen LogP contribution in [0.3, 0.4) is 0 Å². The molecule has 0 aliphatic carbocycles. The van der Waals surface area contributed by atoms with Crippen LogP contribution in [0.2, 0.25) is 0 Å². The standard InChI is InChI=1S/C13H17NO3/c14-7-4-8-15-9-10-16-11-12-17-13-5-2-1-3-6-13/h1-3,5-6H,4,8-12H2. The van der Waals surface area contributed by atoms with E-state index in [0.717, 1.165) is 5.75 Å². The van der Waals surface area contributed by atoms with Gasteiger partial charge in [0.1, 0.15) is 12.4 Å². The van der Waals surface area contributed by atoms with Crippen molar-refractivity contribution >= 4 is 0 Å². The SMILES string of the molecule is N#CCCOCCOCCOc1ccccc1. The first kappa shape index (κ1) is 13.5. The smallest absolute Gasteiger partial charge is 0.119 e. The second kappa shape index (κ2) is 9.64. The summed E-state index contributed by atoms with van der Waals surface area (Å²) < 4.78 is 15.9. The zero-order valence-electron chi connectivity index (χ0n) is 9.80. The van der Waals surface area contributed by atoms with Crippen LogP contribution in [0.25, 0.3) is 0 Å². The van der Waals surface area contributed by atoms with Crippen molar-refractivity contribution in [1.29, 1.82) is 5.26 Å². The molecular weight excluding hydrogens is 218 g/mol. The molecule has 0 amide bonds. The summed E-state index contributed by atoms with van der Waals surface area (Å²) in [4.78, 5) is 0. The molecule has 92 valence electrons. The van der Waals surface area contributed by atoms with E-state index in [0.29, 0.717) is 39.5 Å². The third-order valence-electron chi connectivity index (χ3n) is 1.97. The summed E-state index contributed by atoms with van der Waals surface area (Å²) >= 11 is 0.